The fraction of sp³-hybridized carbons (Fsp3) is 0.600. The summed E-state index contributed by atoms with van der Waals surface area (Å²) in [6, 6.07) is 5.58. The summed E-state index contributed by atoms with van der Waals surface area (Å²) >= 11 is 3.13. The van der Waals surface area contributed by atoms with Gasteiger partial charge in [-0.1, -0.05) is 0 Å². The SMILES string of the molecule is Fc1cc(OCCNC(C2CC2)C2CC2)ccc1Br. The maximum atomic E-state index is 13.3. The Hall–Kier alpha value is -0.610. The molecule has 4 heteroatoms. The predicted molar refractivity (Wildman–Crippen MR) is 76.8 cm³/mol. The molecule has 1 N–H and O–H groups in total. The largest absolute Gasteiger partial charge is 0.492 e. The number of hydrogen-bond donors (Lipinski definition) is 1. The zero-order chi connectivity index (χ0) is 13.2. The number of halogens is 2. The highest BCUT2D eigenvalue weighted by Gasteiger charge is 2.40. The normalized spacial score (nSPS) is 18.9. The molecule has 0 unspecified atom stereocenters. The third kappa shape index (κ3) is 3.69. The number of ether oxygens (including phenoxy) is 1. The highest BCUT2D eigenvalue weighted by molar-refractivity contribution is 9.10. The molecule has 0 amide bonds. The van der Waals surface area contributed by atoms with E-state index in [2.05, 4.69) is 21.2 Å². The molecule has 1 aromatic carbocycles. The second kappa shape index (κ2) is 5.80. The highest BCUT2D eigenvalue weighted by atomic mass is 79.9. The molecule has 1 aromatic rings. The van der Waals surface area contributed by atoms with Gasteiger partial charge in [0.05, 0.1) is 4.47 Å². The molecule has 0 aromatic heterocycles. The minimum Gasteiger partial charge on any atom is -0.492 e. The second-order valence-corrected chi connectivity index (χ2v) is 6.43. The number of benzene rings is 1. The van der Waals surface area contributed by atoms with E-state index in [0.29, 0.717) is 22.9 Å². The van der Waals surface area contributed by atoms with Gasteiger partial charge in [-0.15, -0.1) is 0 Å². The van der Waals surface area contributed by atoms with Crippen LogP contribution in [0.1, 0.15) is 25.7 Å². The maximum absolute atomic E-state index is 13.3. The monoisotopic (exact) mass is 327 g/mol. The maximum Gasteiger partial charge on any atom is 0.141 e. The fourth-order valence-electron chi connectivity index (χ4n) is 2.59. The van der Waals surface area contributed by atoms with Gasteiger partial charge in [-0.3, -0.25) is 0 Å². The minimum absolute atomic E-state index is 0.278. The Kier molecular flexibility index (Phi) is 4.08. The molecule has 0 radical (unpaired) electrons. The summed E-state index contributed by atoms with van der Waals surface area (Å²) in [5.74, 6) is 2.12. The number of rotatable bonds is 7. The lowest BCUT2D eigenvalue weighted by atomic mass is 10.1. The van der Waals surface area contributed by atoms with E-state index in [9.17, 15) is 4.39 Å². The molecule has 0 bridgehead atoms. The van der Waals surface area contributed by atoms with E-state index in [-0.39, 0.29) is 5.82 Å². The first-order chi connectivity index (χ1) is 9.24. The van der Waals surface area contributed by atoms with Gasteiger partial charge in [0, 0.05) is 18.7 Å². The topological polar surface area (TPSA) is 21.3 Å². The molecule has 3 rings (SSSR count). The fourth-order valence-corrected chi connectivity index (χ4v) is 2.84. The number of hydrogen-bond acceptors (Lipinski definition) is 2. The Bertz CT molecular complexity index is 434. The molecular weight excluding hydrogens is 309 g/mol. The lowest BCUT2D eigenvalue weighted by Crippen LogP contribution is -2.36. The van der Waals surface area contributed by atoms with Crippen molar-refractivity contribution in [1.29, 1.82) is 0 Å². The summed E-state index contributed by atoms with van der Waals surface area (Å²) < 4.78 is 19.3. The van der Waals surface area contributed by atoms with Crippen molar-refractivity contribution in [2.24, 2.45) is 11.8 Å². The van der Waals surface area contributed by atoms with Gasteiger partial charge in [0.2, 0.25) is 0 Å². The first kappa shape index (κ1) is 13.4. The molecule has 0 atom stereocenters. The number of nitrogens with one attached hydrogen (secondary N) is 1. The van der Waals surface area contributed by atoms with Crippen molar-refractivity contribution in [1.82, 2.24) is 5.32 Å². The zero-order valence-electron chi connectivity index (χ0n) is 10.9. The second-order valence-electron chi connectivity index (χ2n) is 5.58. The average Bonchev–Trinajstić information content (AvgIpc) is 3.27. The van der Waals surface area contributed by atoms with E-state index < -0.39 is 0 Å². The summed E-state index contributed by atoms with van der Waals surface area (Å²) in [5.41, 5.74) is 0. The van der Waals surface area contributed by atoms with Crippen molar-refractivity contribution in [3.8, 4) is 5.75 Å². The summed E-state index contributed by atoms with van der Waals surface area (Å²) in [6.45, 7) is 1.44. The predicted octanol–water partition coefficient (Wildman–Crippen LogP) is 3.75. The van der Waals surface area contributed by atoms with Gasteiger partial charge in [-0.25, -0.2) is 4.39 Å². The molecule has 0 aliphatic heterocycles. The van der Waals surface area contributed by atoms with E-state index in [1.807, 2.05) is 0 Å². The molecule has 0 saturated heterocycles. The summed E-state index contributed by atoms with van der Waals surface area (Å²) in [7, 11) is 0. The summed E-state index contributed by atoms with van der Waals surface area (Å²) in [6.07, 6.45) is 5.53. The molecular formula is C15H19BrFNO. The molecule has 104 valence electrons. The third-order valence-corrected chi connectivity index (χ3v) is 4.54. The van der Waals surface area contributed by atoms with Crippen LogP contribution < -0.4 is 10.1 Å². The standard InChI is InChI=1S/C15H19BrFNO/c16-13-6-5-12(9-14(13)17)19-8-7-18-15(10-1-2-10)11-3-4-11/h5-6,9-11,15,18H,1-4,7-8H2. The van der Waals surface area contributed by atoms with Crippen LogP contribution in [0.5, 0.6) is 5.75 Å². The van der Waals surface area contributed by atoms with Crippen LogP contribution in [0.4, 0.5) is 4.39 Å². The van der Waals surface area contributed by atoms with Crippen molar-refractivity contribution < 1.29 is 9.13 Å². The summed E-state index contributed by atoms with van der Waals surface area (Å²) in [4.78, 5) is 0. The van der Waals surface area contributed by atoms with Crippen LogP contribution in [-0.2, 0) is 0 Å². The Morgan fingerprint density at radius 2 is 1.95 bits per heavy atom. The molecule has 19 heavy (non-hydrogen) atoms. The van der Waals surface area contributed by atoms with E-state index >= 15 is 0 Å². The van der Waals surface area contributed by atoms with Gasteiger partial charge in [0.1, 0.15) is 18.2 Å². The van der Waals surface area contributed by atoms with Crippen LogP contribution in [-0.4, -0.2) is 19.2 Å². The highest BCUT2D eigenvalue weighted by Crippen LogP contribution is 2.44. The zero-order valence-corrected chi connectivity index (χ0v) is 12.5. The summed E-state index contributed by atoms with van der Waals surface area (Å²) in [5, 5.41) is 3.61. The lowest BCUT2D eigenvalue weighted by molar-refractivity contribution is 0.292. The van der Waals surface area contributed by atoms with Crippen molar-refractivity contribution in [3.63, 3.8) is 0 Å². The Labute approximate surface area is 121 Å². The van der Waals surface area contributed by atoms with E-state index in [0.717, 1.165) is 18.4 Å². The molecule has 2 nitrogen and oxygen atoms in total. The van der Waals surface area contributed by atoms with Crippen molar-refractivity contribution in [2.75, 3.05) is 13.2 Å². The van der Waals surface area contributed by atoms with Crippen molar-refractivity contribution in [3.05, 3.63) is 28.5 Å². The van der Waals surface area contributed by atoms with Crippen LogP contribution >= 0.6 is 15.9 Å². The van der Waals surface area contributed by atoms with Crippen LogP contribution in [0.3, 0.4) is 0 Å². The minimum atomic E-state index is -0.278. The van der Waals surface area contributed by atoms with E-state index in [1.54, 1.807) is 12.1 Å². The lowest BCUT2D eigenvalue weighted by Gasteiger charge is -2.17. The van der Waals surface area contributed by atoms with Gasteiger partial charge < -0.3 is 10.1 Å². The van der Waals surface area contributed by atoms with E-state index in [4.69, 9.17) is 4.74 Å². The smallest absolute Gasteiger partial charge is 0.141 e. The molecule has 2 aliphatic rings. The first-order valence-corrected chi connectivity index (χ1v) is 7.84. The molecule has 2 fully saturated rings. The van der Waals surface area contributed by atoms with Gasteiger partial charge >= 0.3 is 0 Å². The Morgan fingerprint density at radius 3 is 2.53 bits per heavy atom. The molecule has 2 aliphatic carbocycles. The first-order valence-electron chi connectivity index (χ1n) is 7.05. The van der Waals surface area contributed by atoms with Gasteiger partial charge in [0.25, 0.3) is 0 Å². The van der Waals surface area contributed by atoms with Crippen LogP contribution in [0.25, 0.3) is 0 Å². The van der Waals surface area contributed by atoms with Gasteiger partial charge in [0.15, 0.2) is 0 Å². The van der Waals surface area contributed by atoms with Gasteiger partial charge in [-0.05, 0) is 65.6 Å². The van der Waals surface area contributed by atoms with Crippen LogP contribution in [0, 0.1) is 17.7 Å². The quantitative estimate of drug-likeness (QED) is 0.770. The van der Waals surface area contributed by atoms with Crippen molar-refractivity contribution >= 4 is 15.9 Å². The molecule has 2 saturated carbocycles. The molecule has 0 heterocycles. The Morgan fingerprint density at radius 1 is 1.26 bits per heavy atom. The van der Waals surface area contributed by atoms with Crippen LogP contribution in [0.15, 0.2) is 22.7 Å². The average molecular weight is 328 g/mol. The van der Waals surface area contributed by atoms with Crippen molar-refractivity contribution in [2.45, 2.75) is 31.7 Å². The van der Waals surface area contributed by atoms with Crippen LogP contribution in [0.2, 0.25) is 0 Å². The molecule has 0 spiro atoms. The Balaban J connectivity index is 1.41. The third-order valence-electron chi connectivity index (χ3n) is 3.90. The van der Waals surface area contributed by atoms with Gasteiger partial charge in [-0.2, -0.15) is 0 Å². The van der Waals surface area contributed by atoms with E-state index in [1.165, 1.54) is 31.7 Å².